The second-order valence-corrected chi connectivity index (χ2v) is 5.85. The second-order valence-electron chi connectivity index (χ2n) is 5.85. The van der Waals surface area contributed by atoms with Gasteiger partial charge in [0.25, 0.3) is 0 Å². The van der Waals surface area contributed by atoms with Crippen LogP contribution in [-0.2, 0) is 0 Å². The molecule has 1 aliphatic rings. The van der Waals surface area contributed by atoms with Crippen molar-refractivity contribution in [2.75, 3.05) is 19.9 Å². The minimum atomic E-state index is -0.237. The van der Waals surface area contributed by atoms with E-state index in [1.165, 1.54) is 0 Å². The van der Waals surface area contributed by atoms with Crippen molar-refractivity contribution in [3.63, 3.8) is 0 Å². The first-order valence-corrected chi connectivity index (χ1v) is 8.26. The SMILES string of the molecule is Cc1ccccc1OCCNC(=O)N[C@H](C)c1ccc2c(c1)OCO2. The van der Waals surface area contributed by atoms with Gasteiger partial charge in [0.2, 0.25) is 6.79 Å². The summed E-state index contributed by atoms with van der Waals surface area (Å²) in [5.74, 6) is 2.27. The smallest absolute Gasteiger partial charge is 0.315 e. The Kier molecular flexibility index (Phi) is 5.28. The van der Waals surface area contributed by atoms with E-state index in [4.69, 9.17) is 14.2 Å². The monoisotopic (exact) mass is 342 g/mol. The van der Waals surface area contributed by atoms with Gasteiger partial charge in [-0.05, 0) is 43.2 Å². The lowest BCUT2D eigenvalue weighted by atomic mass is 10.1. The molecule has 2 N–H and O–H groups in total. The van der Waals surface area contributed by atoms with Crippen molar-refractivity contribution in [1.82, 2.24) is 10.6 Å². The molecule has 0 aromatic heterocycles. The van der Waals surface area contributed by atoms with Gasteiger partial charge in [0.15, 0.2) is 11.5 Å². The first kappa shape index (κ1) is 17.0. The summed E-state index contributed by atoms with van der Waals surface area (Å²) in [7, 11) is 0. The Labute approximate surface area is 147 Å². The van der Waals surface area contributed by atoms with Gasteiger partial charge >= 0.3 is 6.03 Å². The van der Waals surface area contributed by atoms with E-state index >= 15 is 0 Å². The Morgan fingerprint density at radius 1 is 1.20 bits per heavy atom. The molecule has 0 bridgehead atoms. The molecule has 25 heavy (non-hydrogen) atoms. The number of aryl methyl sites for hydroxylation is 1. The van der Waals surface area contributed by atoms with Crippen LogP contribution in [0.15, 0.2) is 42.5 Å². The molecule has 132 valence electrons. The molecular weight excluding hydrogens is 320 g/mol. The first-order valence-electron chi connectivity index (χ1n) is 8.26. The van der Waals surface area contributed by atoms with E-state index in [0.717, 1.165) is 22.6 Å². The number of nitrogens with one attached hydrogen (secondary N) is 2. The molecule has 2 aromatic rings. The molecule has 3 rings (SSSR count). The molecule has 2 amide bonds. The van der Waals surface area contributed by atoms with E-state index in [0.29, 0.717) is 18.9 Å². The second kappa shape index (κ2) is 7.79. The molecule has 0 radical (unpaired) electrons. The van der Waals surface area contributed by atoms with E-state index < -0.39 is 0 Å². The zero-order valence-corrected chi connectivity index (χ0v) is 14.4. The van der Waals surface area contributed by atoms with Crippen LogP contribution in [0.4, 0.5) is 4.79 Å². The van der Waals surface area contributed by atoms with Crippen molar-refractivity contribution in [2.45, 2.75) is 19.9 Å². The Balaban J connectivity index is 1.42. The summed E-state index contributed by atoms with van der Waals surface area (Å²) in [5, 5.41) is 5.69. The molecule has 0 saturated heterocycles. The number of benzene rings is 2. The summed E-state index contributed by atoms with van der Waals surface area (Å²) in [6.45, 7) is 4.98. The third-order valence-corrected chi connectivity index (χ3v) is 3.98. The van der Waals surface area contributed by atoms with Crippen molar-refractivity contribution in [3.8, 4) is 17.2 Å². The minimum Gasteiger partial charge on any atom is -0.491 e. The number of fused-ring (bicyclic) bond motifs is 1. The number of hydrogen-bond acceptors (Lipinski definition) is 4. The average molecular weight is 342 g/mol. The van der Waals surface area contributed by atoms with Crippen LogP contribution in [0.25, 0.3) is 0 Å². The fourth-order valence-electron chi connectivity index (χ4n) is 2.56. The number of carbonyl (C=O) groups excluding carboxylic acids is 1. The lowest BCUT2D eigenvalue weighted by molar-refractivity contribution is 0.174. The number of amides is 2. The molecular formula is C19H22N2O4. The number of carbonyl (C=O) groups is 1. The molecule has 1 aliphatic heterocycles. The summed E-state index contributed by atoms with van der Waals surface area (Å²) in [6.07, 6.45) is 0. The van der Waals surface area contributed by atoms with Crippen LogP contribution in [0.2, 0.25) is 0 Å². The number of rotatable bonds is 6. The third-order valence-electron chi connectivity index (χ3n) is 3.98. The average Bonchev–Trinajstić information content (AvgIpc) is 3.07. The van der Waals surface area contributed by atoms with Crippen molar-refractivity contribution in [2.24, 2.45) is 0 Å². The number of hydrogen-bond donors (Lipinski definition) is 2. The molecule has 1 atom stereocenters. The Bertz CT molecular complexity index is 748. The highest BCUT2D eigenvalue weighted by Gasteiger charge is 2.16. The molecule has 0 aliphatic carbocycles. The normalized spacial score (nSPS) is 13.2. The molecule has 6 heteroatoms. The fraction of sp³-hybridized carbons (Fsp3) is 0.316. The first-order chi connectivity index (χ1) is 12.1. The molecule has 0 unspecified atom stereocenters. The van der Waals surface area contributed by atoms with Gasteiger partial charge in [-0.25, -0.2) is 4.79 Å². The van der Waals surface area contributed by atoms with Crippen LogP contribution in [0, 0.1) is 6.92 Å². The van der Waals surface area contributed by atoms with Crippen molar-refractivity contribution in [3.05, 3.63) is 53.6 Å². The Morgan fingerprint density at radius 3 is 2.84 bits per heavy atom. The maximum atomic E-state index is 12.0. The maximum Gasteiger partial charge on any atom is 0.315 e. The summed E-state index contributed by atoms with van der Waals surface area (Å²) in [6, 6.07) is 13.1. The Morgan fingerprint density at radius 2 is 2.00 bits per heavy atom. The molecule has 0 saturated carbocycles. The van der Waals surface area contributed by atoms with Crippen molar-refractivity contribution in [1.29, 1.82) is 0 Å². The summed E-state index contributed by atoms with van der Waals surface area (Å²) < 4.78 is 16.3. The maximum absolute atomic E-state index is 12.0. The zero-order valence-electron chi connectivity index (χ0n) is 14.4. The molecule has 1 heterocycles. The quantitative estimate of drug-likeness (QED) is 0.791. The highest BCUT2D eigenvalue weighted by atomic mass is 16.7. The molecule has 0 spiro atoms. The lowest BCUT2D eigenvalue weighted by Crippen LogP contribution is -2.39. The number of urea groups is 1. The highest BCUT2D eigenvalue weighted by molar-refractivity contribution is 5.74. The van der Waals surface area contributed by atoms with Crippen molar-refractivity contribution < 1.29 is 19.0 Å². The van der Waals surface area contributed by atoms with Crippen molar-refractivity contribution >= 4 is 6.03 Å². The topological polar surface area (TPSA) is 68.8 Å². The van der Waals surface area contributed by atoms with Crippen LogP contribution < -0.4 is 24.8 Å². The largest absolute Gasteiger partial charge is 0.491 e. The number of ether oxygens (including phenoxy) is 3. The van der Waals surface area contributed by atoms with E-state index in [1.54, 1.807) is 0 Å². The fourth-order valence-corrected chi connectivity index (χ4v) is 2.56. The van der Waals surface area contributed by atoms with Crippen LogP contribution in [-0.4, -0.2) is 26.0 Å². The molecule has 0 fully saturated rings. The van der Waals surface area contributed by atoms with Gasteiger partial charge in [0.05, 0.1) is 12.6 Å². The minimum absolute atomic E-state index is 0.146. The molecule has 2 aromatic carbocycles. The summed E-state index contributed by atoms with van der Waals surface area (Å²) in [4.78, 5) is 12.0. The van der Waals surface area contributed by atoms with Crippen LogP contribution in [0.5, 0.6) is 17.2 Å². The van der Waals surface area contributed by atoms with E-state index in [1.807, 2.05) is 56.3 Å². The van der Waals surface area contributed by atoms with Gasteiger partial charge in [0, 0.05) is 0 Å². The number of para-hydroxylation sites is 1. The van der Waals surface area contributed by atoms with Crippen LogP contribution in [0.3, 0.4) is 0 Å². The van der Waals surface area contributed by atoms with Gasteiger partial charge in [-0.1, -0.05) is 24.3 Å². The summed E-state index contributed by atoms with van der Waals surface area (Å²) >= 11 is 0. The predicted octanol–water partition coefficient (Wildman–Crippen LogP) is 3.16. The van der Waals surface area contributed by atoms with Gasteiger partial charge in [0.1, 0.15) is 12.4 Å². The van der Waals surface area contributed by atoms with E-state index in [9.17, 15) is 4.79 Å². The lowest BCUT2D eigenvalue weighted by Gasteiger charge is -2.16. The van der Waals surface area contributed by atoms with E-state index in [-0.39, 0.29) is 18.9 Å². The van der Waals surface area contributed by atoms with Gasteiger partial charge in [-0.3, -0.25) is 0 Å². The van der Waals surface area contributed by atoms with Gasteiger partial charge < -0.3 is 24.8 Å². The van der Waals surface area contributed by atoms with Gasteiger partial charge in [-0.2, -0.15) is 0 Å². The predicted molar refractivity (Wildman–Crippen MR) is 94.2 cm³/mol. The molecule has 6 nitrogen and oxygen atoms in total. The standard InChI is InChI=1S/C19H22N2O4/c1-13-5-3-4-6-16(13)23-10-9-20-19(22)21-14(2)15-7-8-17-18(11-15)25-12-24-17/h3-8,11,14H,9-10,12H2,1-2H3,(H2,20,21,22)/t14-/m1/s1. The van der Waals surface area contributed by atoms with Crippen LogP contribution in [0.1, 0.15) is 24.1 Å². The zero-order chi connectivity index (χ0) is 17.6. The van der Waals surface area contributed by atoms with Crippen LogP contribution >= 0.6 is 0 Å². The Hall–Kier alpha value is -2.89. The highest BCUT2D eigenvalue weighted by Crippen LogP contribution is 2.34. The van der Waals surface area contributed by atoms with Gasteiger partial charge in [-0.15, -0.1) is 0 Å². The summed E-state index contributed by atoms with van der Waals surface area (Å²) in [5.41, 5.74) is 2.03. The van der Waals surface area contributed by atoms with E-state index in [2.05, 4.69) is 10.6 Å². The third kappa shape index (κ3) is 4.35.